The Hall–Kier alpha value is -3.53. The Labute approximate surface area is 183 Å². The van der Waals surface area contributed by atoms with Gasteiger partial charge >= 0.3 is 12.1 Å². The quantitative estimate of drug-likeness (QED) is 0.419. The van der Waals surface area contributed by atoms with E-state index in [2.05, 4.69) is 10.2 Å². The van der Waals surface area contributed by atoms with Crippen LogP contribution in [0.15, 0.2) is 69.2 Å². The summed E-state index contributed by atoms with van der Waals surface area (Å²) < 4.78 is 48.2. The van der Waals surface area contributed by atoms with Crippen LogP contribution in [0.1, 0.15) is 17.9 Å². The van der Waals surface area contributed by atoms with Crippen molar-refractivity contribution in [3.05, 3.63) is 87.8 Å². The zero-order valence-corrected chi connectivity index (χ0v) is 17.2. The molecule has 32 heavy (non-hydrogen) atoms. The number of benzene rings is 2. The van der Waals surface area contributed by atoms with Crippen molar-refractivity contribution in [3.8, 4) is 11.5 Å². The van der Waals surface area contributed by atoms with Gasteiger partial charge in [0, 0.05) is 22.6 Å². The minimum Gasteiger partial charge on any atom is -0.415 e. The van der Waals surface area contributed by atoms with Gasteiger partial charge < -0.3 is 4.42 Å². The van der Waals surface area contributed by atoms with Crippen LogP contribution in [0.25, 0.3) is 28.2 Å². The Bertz CT molecular complexity index is 1430. The van der Waals surface area contributed by atoms with Crippen LogP contribution in [0.2, 0.25) is 0 Å². The first-order valence-electron chi connectivity index (χ1n) is 9.62. The first kappa shape index (κ1) is 20.4. The maximum Gasteiger partial charge on any atom is 0.334 e. The summed E-state index contributed by atoms with van der Waals surface area (Å²) in [6, 6.07) is 11.4. The number of aromatic nitrogens is 4. The van der Waals surface area contributed by atoms with Crippen molar-refractivity contribution in [3.63, 3.8) is 0 Å². The molecule has 5 rings (SSSR count). The lowest BCUT2D eigenvalue weighted by Gasteiger charge is -2.08. The maximum absolute atomic E-state index is 14.9. The number of rotatable bonds is 5. The van der Waals surface area contributed by atoms with Gasteiger partial charge in [-0.2, -0.15) is 8.78 Å². The number of fused-ring (bicyclic) bond motifs is 1. The lowest BCUT2D eigenvalue weighted by atomic mass is 10.1. The summed E-state index contributed by atoms with van der Waals surface area (Å²) in [4.78, 5) is 13.3. The zero-order chi connectivity index (χ0) is 22.2. The number of hydrogen-bond acceptors (Lipinski definition) is 5. The Kier molecular flexibility index (Phi) is 5.22. The first-order valence-corrected chi connectivity index (χ1v) is 10.7. The molecule has 10 heteroatoms. The monoisotopic (exact) mass is 456 g/mol. The third kappa shape index (κ3) is 3.56. The Balaban J connectivity index is 1.54. The molecular weight excluding hydrogens is 441 g/mol. The lowest BCUT2D eigenvalue weighted by molar-refractivity contribution is 0.116. The summed E-state index contributed by atoms with van der Waals surface area (Å²) in [5.41, 5.74) is 2.32. The zero-order valence-electron chi connectivity index (χ0n) is 16.4. The number of thioether (sulfide) groups is 1. The van der Waals surface area contributed by atoms with Crippen LogP contribution in [-0.2, 0) is 6.54 Å². The molecule has 0 saturated carbocycles. The molecule has 0 amide bonds. The second-order valence-corrected chi connectivity index (χ2v) is 7.95. The van der Waals surface area contributed by atoms with Gasteiger partial charge in [0.2, 0.25) is 5.89 Å². The van der Waals surface area contributed by atoms with Crippen LogP contribution >= 0.6 is 11.8 Å². The molecule has 0 fully saturated rings. The third-order valence-corrected chi connectivity index (χ3v) is 5.76. The number of imidazole rings is 1. The van der Waals surface area contributed by atoms with Crippen molar-refractivity contribution in [2.24, 2.45) is 0 Å². The number of nitrogens with zero attached hydrogens (tertiary/aromatic N) is 4. The van der Waals surface area contributed by atoms with E-state index < -0.39 is 18.1 Å². The summed E-state index contributed by atoms with van der Waals surface area (Å²) in [5.74, 6) is -0.880. The van der Waals surface area contributed by atoms with Gasteiger partial charge in [0.1, 0.15) is 5.82 Å². The fourth-order valence-corrected chi connectivity index (χ4v) is 4.18. The molecule has 0 N–H and O–H groups in total. The number of halogens is 3. The molecule has 2 aromatic heterocycles. The minimum atomic E-state index is -2.91. The average molecular weight is 456 g/mol. The topological polar surface area (TPSA) is 65.8 Å². The van der Waals surface area contributed by atoms with E-state index in [9.17, 15) is 18.0 Å². The van der Waals surface area contributed by atoms with Crippen molar-refractivity contribution in [2.75, 3.05) is 5.75 Å². The summed E-state index contributed by atoms with van der Waals surface area (Å²) in [6.45, 7) is -0.00365. The molecule has 1 aliphatic rings. The molecule has 1 aliphatic heterocycles. The number of allylic oxidation sites excluding steroid dienone is 2. The summed E-state index contributed by atoms with van der Waals surface area (Å²) >= 11 is 1.63. The fourth-order valence-electron chi connectivity index (χ4n) is 3.57. The number of hydrogen-bond donors (Lipinski definition) is 0. The van der Waals surface area contributed by atoms with Gasteiger partial charge in [-0.3, -0.25) is 9.13 Å². The van der Waals surface area contributed by atoms with E-state index in [4.69, 9.17) is 4.42 Å². The average Bonchev–Trinajstić information content (AvgIpc) is 3.40. The first-order chi connectivity index (χ1) is 15.5. The van der Waals surface area contributed by atoms with E-state index in [0.717, 1.165) is 23.0 Å². The summed E-state index contributed by atoms with van der Waals surface area (Å²) in [7, 11) is 0. The van der Waals surface area contributed by atoms with Gasteiger partial charge in [0.05, 0.1) is 17.6 Å². The Morgan fingerprint density at radius 1 is 1.12 bits per heavy atom. The molecule has 0 spiro atoms. The van der Waals surface area contributed by atoms with Crippen molar-refractivity contribution in [1.82, 2.24) is 19.3 Å². The van der Waals surface area contributed by atoms with Gasteiger partial charge in [-0.25, -0.2) is 9.18 Å². The van der Waals surface area contributed by atoms with Gasteiger partial charge in [-0.05, 0) is 41.8 Å². The molecule has 0 bridgehead atoms. The largest absolute Gasteiger partial charge is 0.415 e. The smallest absolute Gasteiger partial charge is 0.334 e. The predicted molar refractivity (Wildman–Crippen MR) is 116 cm³/mol. The summed E-state index contributed by atoms with van der Waals surface area (Å²) in [5, 5.41) is 8.73. The van der Waals surface area contributed by atoms with E-state index in [1.54, 1.807) is 16.3 Å². The third-order valence-electron chi connectivity index (χ3n) is 5.07. The molecule has 0 unspecified atom stereocenters. The van der Waals surface area contributed by atoms with Gasteiger partial charge in [0.15, 0.2) is 0 Å². The second-order valence-electron chi connectivity index (χ2n) is 7.01. The van der Waals surface area contributed by atoms with E-state index in [1.165, 1.54) is 16.7 Å². The highest BCUT2D eigenvalue weighted by atomic mass is 32.2. The highest BCUT2D eigenvalue weighted by Crippen LogP contribution is 2.26. The molecule has 0 saturated heterocycles. The predicted octanol–water partition coefficient (Wildman–Crippen LogP) is 5.08. The van der Waals surface area contributed by atoms with Crippen LogP contribution < -0.4 is 5.69 Å². The number of para-hydroxylation sites is 2. The molecule has 0 atom stereocenters. The minimum absolute atomic E-state index is 0.00365. The normalized spacial score (nSPS) is 13.8. The van der Waals surface area contributed by atoms with Crippen molar-refractivity contribution in [2.45, 2.75) is 13.0 Å². The molecule has 4 aromatic rings. The Morgan fingerprint density at radius 3 is 2.62 bits per heavy atom. The highest BCUT2D eigenvalue weighted by molar-refractivity contribution is 8.02. The van der Waals surface area contributed by atoms with Gasteiger partial charge in [0.25, 0.3) is 5.89 Å². The standard InChI is InChI=1S/C22H15F3N4O2S/c23-16-11-13(20-26-27-21(31-20)19(24)25)5-6-14(16)12-28-17-3-1-2-4-18(17)29(22(28)30)15-7-9-32-10-8-15/h1-9,11,19H,10,12H2. The van der Waals surface area contributed by atoms with Crippen molar-refractivity contribution in [1.29, 1.82) is 0 Å². The summed E-state index contributed by atoms with van der Waals surface area (Å²) in [6.07, 6.45) is 0.938. The van der Waals surface area contributed by atoms with Crippen LogP contribution in [0, 0.1) is 5.82 Å². The van der Waals surface area contributed by atoms with Crippen molar-refractivity contribution < 1.29 is 17.6 Å². The molecule has 162 valence electrons. The van der Waals surface area contributed by atoms with Gasteiger partial charge in [-0.1, -0.05) is 18.2 Å². The highest BCUT2D eigenvalue weighted by Gasteiger charge is 2.19. The van der Waals surface area contributed by atoms with Crippen LogP contribution in [-0.4, -0.2) is 25.1 Å². The fraction of sp³-hybridized carbons (Fsp3) is 0.136. The maximum atomic E-state index is 14.9. The van der Waals surface area contributed by atoms with E-state index in [1.807, 2.05) is 41.8 Å². The molecule has 0 radical (unpaired) electrons. The Morgan fingerprint density at radius 2 is 1.94 bits per heavy atom. The molecular formula is C22H15F3N4O2S. The van der Waals surface area contributed by atoms with Crippen LogP contribution in [0.5, 0.6) is 0 Å². The van der Waals surface area contributed by atoms with Gasteiger partial charge in [-0.15, -0.1) is 22.0 Å². The SMILES string of the molecule is O=c1n(Cc2ccc(-c3nnc(C(F)F)o3)cc2F)c2ccccc2n1C1=CCSC=C1. The van der Waals surface area contributed by atoms with E-state index in [0.29, 0.717) is 5.52 Å². The van der Waals surface area contributed by atoms with E-state index in [-0.39, 0.29) is 29.3 Å². The molecule has 3 heterocycles. The van der Waals surface area contributed by atoms with Crippen molar-refractivity contribution >= 4 is 28.5 Å². The van der Waals surface area contributed by atoms with E-state index >= 15 is 0 Å². The lowest BCUT2D eigenvalue weighted by Crippen LogP contribution is -2.24. The molecule has 2 aromatic carbocycles. The molecule has 0 aliphatic carbocycles. The van der Waals surface area contributed by atoms with Crippen LogP contribution in [0.4, 0.5) is 13.2 Å². The molecule has 6 nitrogen and oxygen atoms in total. The van der Waals surface area contributed by atoms with Crippen LogP contribution in [0.3, 0.4) is 0 Å². The number of alkyl halides is 2. The second kappa shape index (κ2) is 8.19.